The van der Waals surface area contributed by atoms with E-state index in [1.165, 1.54) is 0 Å². The number of methoxy groups -OCH3 is 1. The van der Waals surface area contributed by atoms with Crippen LogP contribution in [0.4, 0.5) is 11.4 Å². The molecule has 0 aliphatic carbocycles. The molecule has 0 unspecified atom stereocenters. The van der Waals surface area contributed by atoms with Crippen LogP contribution in [0.2, 0.25) is 0 Å². The van der Waals surface area contributed by atoms with Gasteiger partial charge in [-0.15, -0.1) is 0 Å². The fourth-order valence-corrected chi connectivity index (χ4v) is 2.09. The van der Waals surface area contributed by atoms with Crippen LogP contribution in [0.5, 0.6) is 11.5 Å². The van der Waals surface area contributed by atoms with Crippen LogP contribution >= 0.6 is 0 Å². The van der Waals surface area contributed by atoms with Gasteiger partial charge in [0.1, 0.15) is 11.5 Å². The van der Waals surface area contributed by atoms with Gasteiger partial charge in [-0.05, 0) is 38.1 Å². The summed E-state index contributed by atoms with van der Waals surface area (Å²) in [5.41, 5.74) is 1.48. The Hall–Kier alpha value is -2.69. The van der Waals surface area contributed by atoms with Crippen LogP contribution in [-0.4, -0.2) is 25.7 Å². The minimum atomic E-state index is -0.141. The Bertz CT molecular complexity index is 656. The third kappa shape index (κ3) is 5.21. The molecule has 2 rings (SSSR count). The second kappa shape index (κ2) is 8.08. The van der Waals surface area contributed by atoms with Crippen molar-refractivity contribution < 1.29 is 14.3 Å². The highest BCUT2D eigenvalue weighted by Crippen LogP contribution is 2.23. The fraction of sp³-hybridized carbons (Fsp3) is 0.278. The number of carbonyl (C=O) groups excluding carboxylic acids is 1. The third-order valence-electron chi connectivity index (χ3n) is 3.04. The molecule has 0 saturated heterocycles. The minimum absolute atomic E-state index is 0.0909. The maximum absolute atomic E-state index is 12.1. The van der Waals surface area contributed by atoms with Crippen LogP contribution in [0.1, 0.15) is 13.8 Å². The van der Waals surface area contributed by atoms with E-state index in [1.54, 1.807) is 13.2 Å². The van der Waals surface area contributed by atoms with Gasteiger partial charge in [-0.3, -0.25) is 4.79 Å². The van der Waals surface area contributed by atoms with Crippen LogP contribution in [0.3, 0.4) is 0 Å². The molecular formula is C18H22N2O3. The first-order valence-electron chi connectivity index (χ1n) is 7.52. The Morgan fingerprint density at radius 2 is 1.91 bits per heavy atom. The lowest BCUT2D eigenvalue weighted by Crippen LogP contribution is -2.22. The Balaban J connectivity index is 1.92. The fourth-order valence-electron chi connectivity index (χ4n) is 2.09. The lowest BCUT2D eigenvalue weighted by molar-refractivity contribution is -0.114. The monoisotopic (exact) mass is 314 g/mol. The van der Waals surface area contributed by atoms with E-state index in [4.69, 9.17) is 9.47 Å². The van der Waals surface area contributed by atoms with Gasteiger partial charge in [-0.1, -0.05) is 18.2 Å². The topological polar surface area (TPSA) is 59.6 Å². The molecule has 0 aliphatic heterocycles. The summed E-state index contributed by atoms with van der Waals surface area (Å²) in [6.07, 6.45) is 0.0909. The van der Waals surface area contributed by atoms with Crippen molar-refractivity contribution >= 4 is 17.3 Å². The predicted molar refractivity (Wildman–Crippen MR) is 92.3 cm³/mol. The van der Waals surface area contributed by atoms with Crippen LogP contribution in [0, 0.1) is 0 Å². The summed E-state index contributed by atoms with van der Waals surface area (Å²) in [7, 11) is 1.60. The van der Waals surface area contributed by atoms with E-state index in [1.807, 2.05) is 56.3 Å². The van der Waals surface area contributed by atoms with Gasteiger partial charge in [-0.2, -0.15) is 0 Å². The van der Waals surface area contributed by atoms with Gasteiger partial charge in [0.2, 0.25) is 5.91 Å². The average Bonchev–Trinajstić information content (AvgIpc) is 2.53. The average molecular weight is 314 g/mol. The lowest BCUT2D eigenvalue weighted by Gasteiger charge is -2.13. The summed E-state index contributed by atoms with van der Waals surface area (Å²) in [6.45, 7) is 4.07. The van der Waals surface area contributed by atoms with E-state index >= 15 is 0 Å². The Morgan fingerprint density at radius 1 is 1.13 bits per heavy atom. The van der Waals surface area contributed by atoms with E-state index in [9.17, 15) is 4.79 Å². The first-order chi connectivity index (χ1) is 11.1. The molecule has 23 heavy (non-hydrogen) atoms. The molecule has 0 fully saturated rings. The number of carbonyl (C=O) groups is 1. The summed E-state index contributed by atoms with van der Waals surface area (Å²) in [5.74, 6) is 1.29. The molecule has 2 aromatic carbocycles. The molecule has 5 nitrogen and oxygen atoms in total. The number of rotatable bonds is 7. The number of benzene rings is 2. The van der Waals surface area contributed by atoms with E-state index in [-0.39, 0.29) is 18.6 Å². The molecule has 0 heterocycles. The zero-order valence-corrected chi connectivity index (χ0v) is 13.6. The number of hydrogen-bond donors (Lipinski definition) is 2. The largest absolute Gasteiger partial charge is 0.495 e. The third-order valence-corrected chi connectivity index (χ3v) is 3.04. The van der Waals surface area contributed by atoms with Crippen molar-refractivity contribution in [1.29, 1.82) is 0 Å². The van der Waals surface area contributed by atoms with Gasteiger partial charge in [0, 0.05) is 11.8 Å². The minimum Gasteiger partial charge on any atom is -0.495 e. The van der Waals surface area contributed by atoms with Gasteiger partial charge < -0.3 is 20.1 Å². The van der Waals surface area contributed by atoms with Crippen molar-refractivity contribution in [2.75, 3.05) is 24.3 Å². The highest BCUT2D eigenvalue weighted by molar-refractivity contribution is 5.94. The number of nitrogens with one attached hydrogen (secondary N) is 2. The quantitative estimate of drug-likeness (QED) is 0.821. The number of hydrogen-bond acceptors (Lipinski definition) is 4. The maximum Gasteiger partial charge on any atom is 0.243 e. The summed E-state index contributed by atoms with van der Waals surface area (Å²) in [6, 6.07) is 14.8. The number of para-hydroxylation sites is 2. The van der Waals surface area contributed by atoms with Crippen molar-refractivity contribution in [3.05, 3.63) is 48.5 Å². The Kier molecular flexibility index (Phi) is 5.86. The molecule has 122 valence electrons. The van der Waals surface area contributed by atoms with Gasteiger partial charge >= 0.3 is 0 Å². The summed E-state index contributed by atoms with van der Waals surface area (Å²) in [4.78, 5) is 12.1. The van der Waals surface area contributed by atoms with E-state index in [0.717, 1.165) is 11.4 Å². The van der Waals surface area contributed by atoms with E-state index in [0.29, 0.717) is 11.4 Å². The molecule has 1 amide bonds. The number of anilines is 2. The molecular weight excluding hydrogens is 292 g/mol. The van der Waals surface area contributed by atoms with Crippen molar-refractivity contribution in [3.8, 4) is 11.5 Å². The molecule has 0 atom stereocenters. The zero-order valence-electron chi connectivity index (χ0n) is 13.6. The van der Waals surface area contributed by atoms with Crippen LogP contribution in [0.25, 0.3) is 0 Å². The molecule has 0 bridgehead atoms. The standard InChI is InChI=1S/C18H22N2O3/c1-13(2)23-15-8-6-7-14(11-15)20-18(21)12-19-16-9-4-5-10-17(16)22-3/h4-11,13,19H,12H2,1-3H3,(H,20,21). The second-order valence-corrected chi connectivity index (χ2v) is 5.30. The summed E-state index contributed by atoms with van der Waals surface area (Å²) < 4.78 is 10.9. The smallest absolute Gasteiger partial charge is 0.243 e. The summed E-state index contributed by atoms with van der Waals surface area (Å²) in [5, 5.41) is 5.90. The zero-order chi connectivity index (χ0) is 16.7. The molecule has 0 spiro atoms. The van der Waals surface area contributed by atoms with Crippen LogP contribution in [-0.2, 0) is 4.79 Å². The first kappa shape index (κ1) is 16.7. The molecule has 2 aromatic rings. The number of amides is 1. The van der Waals surface area contributed by atoms with Crippen molar-refractivity contribution in [2.24, 2.45) is 0 Å². The second-order valence-electron chi connectivity index (χ2n) is 5.30. The highest BCUT2D eigenvalue weighted by Gasteiger charge is 2.06. The van der Waals surface area contributed by atoms with Crippen molar-refractivity contribution in [2.45, 2.75) is 20.0 Å². The van der Waals surface area contributed by atoms with E-state index in [2.05, 4.69) is 10.6 Å². The van der Waals surface area contributed by atoms with Gasteiger partial charge in [0.25, 0.3) is 0 Å². The molecule has 0 aromatic heterocycles. The van der Waals surface area contributed by atoms with Crippen molar-refractivity contribution in [3.63, 3.8) is 0 Å². The molecule has 0 radical (unpaired) electrons. The van der Waals surface area contributed by atoms with Gasteiger partial charge in [0.05, 0.1) is 25.4 Å². The SMILES string of the molecule is COc1ccccc1NCC(=O)Nc1cccc(OC(C)C)c1. The summed E-state index contributed by atoms with van der Waals surface area (Å²) >= 11 is 0. The van der Waals surface area contributed by atoms with Crippen LogP contribution in [0.15, 0.2) is 48.5 Å². The molecule has 2 N–H and O–H groups in total. The van der Waals surface area contributed by atoms with Gasteiger partial charge in [-0.25, -0.2) is 0 Å². The normalized spacial score (nSPS) is 10.3. The predicted octanol–water partition coefficient (Wildman–Crippen LogP) is 3.53. The van der Waals surface area contributed by atoms with Crippen molar-refractivity contribution in [1.82, 2.24) is 0 Å². The van der Waals surface area contributed by atoms with E-state index < -0.39 is 0 Å². The van der Waals surface area contributed by atoms with Gasteiger partial charge in [0.15, 0.2) is 0 Å². The Labute approximate surface area is 136 Å². The molecule has 0 saturated carbocycles. The maximum atomic E-state index is 12.1. The first-order valence-corrected chi connectivity index (χ1v) is 7.52. The van der Waals surface area contributed by atoms with Crippen LogP contribution < -0.4 is 20.1 Å². The number of ether oxygens (including phenoxy) is 2. The Morgan fingerprint density at radius 3 is 2.65 bits per heavy atom. The lowest BCUT2D eigenvalue weighted by atomic mass is 10.3. The molecule has 5 heteroatoms. The molecule has 0 aliphatic rings. The highest BCUT2D eigenvalue weighted by atomic mass is 16.5.